The summed E-state index contributed by atoms with van der Waals surface area (Å²) in [6.07, 6.45) is 7.35. The molecule has 1 atom stereocenters. The van der Waals surface area contributed by atoms with Crippen molar-refractivity contribution >= 4 is 23.4 Å². The molecular formula is C26H29ClN4O3. The van der Waals surface area contributed by atoms with Crippen LogP contribution in [0.3, 0.4) is 0 Å². The van der Waals surface area contributed by atoms with Gasteiger partial charge in [0.05, 0.1) is 25.0 Å². The van der Waals surface area contributed by atoms with Crippen LogP contribution in [0.25, 0.3) is 11.1 Å². The number of halogens is 1. The van der Waals surface area contributed by atoms with Crippen LogP contribution in [-0.4, -0.2) is 42.1 Å². The van der Waals surface area contributed by atoms with E-state index >= 15 is 0 Å². The minimum absolute atomic E-state index is 0.0347. The van der Waals surface area contributed by atoms with Gasteiger partial charge < -0.3 is 14.8 Å². The zero-order valence-corrected chi connectivity index (χ0v) is 20.2. The highest BCUT2D eigenvalue weighted by Crippen LogP contribution is 2.45. The van der Waals surface area contributed by atoms with Gasteiger partial charge in [0.1, 0.15) is 11.5 Å². The molecule has 0 saturated carbocycles. The van der Waals surface area contributed by atoms with Crippen LogP contribution in [0.15, 0.2) is 48.8 Å². The van der Waals surface area contributed by atoms with Crippen molar-refractivity contribution in [1.82, 2.24) is 15.1 Å². The molecule has 0 unspecified atom stereocenters. The van der Waals surface area contributed by atoms with E-state index in [2.05, 4.69) is 21.3 Å². The van der Waals surface area contributed by atoms with Crippen LogP contribution in [0.5, 0.6) is 11.5 Å². The van der Waals surface area contributed by atoms with Crippen molar-refractivity contribution in [2.75, 3.05) is 25.1 Å². The molecule has 0 aliphatic carbocycles. The Kier molecular flexibility index (Phi) is 6.48. The normalized spacial score (nSPS) is 18.4. The SMILES string of the molecule is COC(=O)N1c2ccc(-c3cnn(C4CCNCC4)c3)c(Oc3cccc(Cl)c3)c2CC[C@@H]1C. The molecule has 2 aliphatic heterocycles. The molecule has 0 radical (unpaired) electrons. The van der Waals surface area contributed by atoms with Crippen LogP contribution in [0, 0.1) is 0 Å². The molecule has 7 nitrogen and oxygen atoms in total. The lowest BCUT2D eigenvalue weighted by Crippen LogP contribution is -2.42. The van der Waals surface area contributed by atoms with E-state index in [1.54, 1.807) is 11.0 Å². The van der Waals surface area contributed by atoms with Gasteiger partial charge in [-0.15, -0.1) is 0 Å². The number of fused-ring (bicyclic) bond motifs is 1. The second-order valence-electron chi connectivity index (χ2n) is 8.92. The number of nitrogens with zero attached hydrogens (tertiary/aromatic N) is 3. The quantitative estimate of drug-likeness (QED) is 0.509. The summed E-state index contributed by atoms with van der Waals surface area (Å²) in [7, 11) is 1.41. The average molecular weight is 481 g/mol. The lowest BCUT2D eigenvalue weighted by molar-refractivity contribution is 0.175. The highest BCUT2D eigenvalue weighted by molar-refractivity contribution is 6.30. The van der Waals surface area contributed by atoms with Crippen molar-refractivity contribution in [2.45, 2.75) is 44.7 Å². The van der Waals surface area contributed by atoms with Gasteiger partial charge in [-0.25, -0.2) is 4.79 Å². The van der Waals surface area contributed by atoms with E-state index in [1.165, 1.54) is 7.11 Å². The van der Waals surface area contributed by atoms with Crippen LogP contribution in [0.4, 0.5) is 10.5 Å². The largest absolute Gasteiger partial charge is 0.456 e. The van der Waals surface area contributed by atoms with E-state index in [0.717, 1.165) is 66.9 Å². The van der Waals surface area contributed by atoms with E-state index in [1.807, 2.05) is 43.5 Å². The maximum absolute atomic E-state index is 12.6. The Labute approximate surface area is 204 Å². The summed E-state index contributed by atoms with van der Waals surface area (Å²) in [6.45, 7) is 4.04. The number of carbonyl (C=O) groups is 1. The highest BCUT2D eigenvalue weighted by atomic mass is 35.5. The van der Waals surface area contributed by atoms with E-state index < -0.39 is 0 Å². The number of aromatic nitrogens is 2. The van der Waals surface area contributed by atoms with Crippen molar-refractivity contribution in [2.24, 2.45) is 0 Å². The van der Waals surface area contributed by atoms with Gasteiger partial charge >= 0.3 is 6.09 Å². The van der Waals surface area contributed by atoms with Gasteiger partial charge in [-0.3, -0.25) is 9.58 Å². The fourth-order valence-corrected chi connectivity index (χ4v) is 5.10. The number of rotatable bonds is 4. The van der Waals surface area contributed by atoms with E-state index in [-0.39, 0.29) is 12.1 Å². The number of ether oxygens (including phenoxy) is 2. The molecule has 5 rings (SSSR count). The summed E-state index contributed by atoms with van der Waals surface area (Å²) in [6, 6.07) is 11.8. The first-order chi connectivity index (χ1) is 16.5. The summed E-state index contributed by atoms with van der Waals surface area (Å²) in [5, 5.41) is 8.70. The number of benzene rings is 2. The molecule has 8 heteroatoms. The third-order valence-corrected chi connectivity index (χ3v) is 6.97. The Balaban J connectivity index is 1.60. The number of hydrogen-bond acceptors (Lipinski definition) is 5. The Hall–Kier alpha value is -3.03. The van der Waals surface area contributed by atoms with Gasteiger partial charge in [-0.2, -0.15) is 5.10 Å². The zero-order valence-electron chi connectivity index (χ0n) is 19.5. The van der Waals surface area contributed by atoms with Gasteiger partial charge in [0, 0.05) is 34.0 Å². The summed E-state index contributed by atoms with van der Waals surface area (Å²) >= 11 is 6.24. The van der Waals surface area contributed by atoms with Crippen LogP contribution in [0.1, 0.15) is 37.8 Å². The number of methoxy groups -OCH3 is 1. The standard InChI is InChI=1S/C26H29ClN4O3/c1-17-6-7-23-24(31(17)26(32)33-2)9-8-22(25(23)34-21-5-3-4-19(27)14-21)18-15-29-30(16-18)20-10-12-28-13-11-20/h3-5,8-9,14-17,20,28H,6-7,10-13H2,1-2H3/t17-/m0/s1. The first-order valence-corrected chi connectivity index (χ1v) is 12.1. The van der Waals surface area contributed by atoms with Gasteiger partial charge in [0.25, 0.3) is 0 Å². The summed E-state index contributed by atoms with van der Waals surface area (Å²) in [4.78, 5) is 14.3. The number of amides is 1. The molecule has 1 saturated heterocycles. The van der Waals surface area contributed by atoms with E-state index in [0.29, 0.717) is 16.8 Å². The Morgan fingerprint density at radius 1 is 1.18 bits per heavy atom. The molecule has 1 fully saturated rings. The third-order valence-electron chi connectivity index (χ3n) is 6.73. The van der Waals surface area contributed by atoms with Crippen LogP contribution in [0.2, 0.25) is 5.02 Å². The monoisotopic (exact) mass is 480 g/mol. The molecule has 0 spiro atoms. The Morgan fingerprint density at radius 2 is 2.00 bits per heavy atom. The first kappa shape index (κ1) is 22.7. The molecule has 3 aromatic rings. The fourth-order valence-electron chi connectivity index (χ4n) is 4.92. The number of anilines is 1. The maximum atomic E-state index is 12.6. The van der Waals surface area contributed by atoms with E-state index in [4.69, 9.17) is 21.1 Å². The fraction of sp³-hybridized carbons (Fsp3) is 0.385. The number of carbonyl (C=O) groups excluding carboxylic acids is 1. The summed E-state index contributed by atoms with van der Waals surface area (Å²) < 4.78 is 13.6. The lowest BCUT2D eigenvalue weighted by Gasteiger charge is -2.35. The van der Waals surface area contributed by atoms with Crippen molar-refractivity contribution < 1.29 is 14.3 Å². The molecular weight excluding hydrogens is 452 g/mol. The van der Waals surface area contributed by atoms with Crippen LogP contribution in [-0.2, 0) is 11.2 Å². The molecule has 178 valence electrons. The molecule has 1 aromatic heterocycles. The number of nitrogens with one attached hydrogen (secondary N) is 1. The van der Waals surface area contributed by atoms with Crippen LogP contribution < -0.4 is 15.0 Å². The second-order valence-corrected chi connectivity index (χ2v) is 9.35. The van der Waals surface area contributed by atoms with Gasteiger partial charge in [0.15, 0.2) is 0 Å². The average Bonchev–Trinajstić information content (AvgIpc) is 3.34. The minimum atomic E-state index is -0.367. The molecule has 34 heavy (non-hydrogen) atoms. The predicted octanol–water partition coefficient (Wildman–Crippen LogP) is 5.83. The number of hydrogen-bond donors (Lipinski definition) is 1. The zero-order chi connectivity index (χ0) is 23.7. The molecule has 3 heterocycles. The molecule has 1 N–H and O–H groups in total. The smallest absolute Gasteiger partial charge is 0.414 e. The summed E-state index contributed by atoms with van der Waals surface area (Å²) in [5.41, 5.74) is 3.73. The van der Waals surface area contributed by atoms with Crippen molar-refractivity contribution in [3.63, 3.8) is 0 Å². The van der Waals surface area contributed by atoms with Crippen molar-refractivity contribution in [3.05, 3.63) is 59.4 Å². The summed E-state index contributed by atoms with van der Waals surface area (Å²) in [5.74, 6) is 1.38. The van der Waals surface area contributed by atoms with Gasteiger partial charge in [-0.1, -0.05) is 17.7 Å². The predicted molar refractivity (Wildman–Crippen MR) is 133 cm³/mol. The number of piperidine rings is 1. The van der Waals surface area contributed by atoms with Gasteiger partial charge in [0.2, 0.25) is 0 Å². The highest BCUT2D eigenvalue weighted by Gasteiger charge is 2.32. The van der Waals surface area contributed by atoms with Crippen LogP contribution >= 0.6 is 11.6 Å². The van der Waals surface area contributed by atoms with Crippen molar-refractivity contribution in [1.29, 1.82) is 0 Å². The third kappa shape index (κ3) is 4.38. The van der Waals surface area contributed by atoms with E-state index in [9.17, 15) is 4.79 Å². The van der Waals surface area contributed by atoms with Gasteiger partial charge in [-0.05, 0) is 76.0 Å². The molecule has 1 amide bonds. The van der Waals surface area contributed by atoms with Crippen molar-refractivity contribution in [3.8, 4) is 22.6 Å². The molecule has 2 aliphatic rings. The Morgan fingerprint density at radius 3 is 2.76 bits per heavy atom. The molecule has 0 bridgehead atoms. The first-order valence-electron chi connectivity index (χ1n) is 11.8. The Bertz CT molecular complexity index is 1190. The molecule has 2 aromatic carbocycles. The maximum Gasteiger partial charge on any atom is 0.414 e. The minimum Gasteiger partial charge on any atom is -0.456 e. The second kappa shape index (κ2) is 9.68. The lowest BCUT2D eigenvalue weighted by atomic mass is 9.92. The topological polar surface area (TPSA) is 68.6 Å².